The van der Waals surface area contributed by atoms with Crippen molar-refractivity contribution in [3.8, 4) is 5.75 Å². The Bertz CT molecular complexity index is 1040. The van der Waals surface area contributed by atoms with Crippen LogP contribution in [0.2, 0.25) is 0 Å². The van der Waals surface area contributed by atoms with E-state index >= 15 is 0 Å². The van der Waals surface area contributed by atoms with Gasteiger partial charge in [0.25, 0.3) is 5.91 Å². The largest absolute Gasteiger partial charge is 0.483 e. The molecule has 0 heterocycles. The first-order valence-electron chi connectivity index (χ1n) is 8.69. The average Bonchev–Trinajstić information content (AvgIpc) is 2.69. The van der Waals surface area contributed by atoms with Crippen LogP contribution in [0.5, 0.6) is 5.75 Å². The van der Waals surface area contributed by atoms with E-state index in [4.69, 9.17) is 4.74 Å². The number of benzene rings is 3. The van der Waals surface area contributed by atoms with Gasteiger partial charge in [-0.15, -0.1) is 0 Å². The molecule has 1 amide bonds. The van der Waals surface area contributed by atoms with Crippen LogP contribution in [0.1, 0.15) is 27.0 Å². The molecule has 7 heteroatoms. The fraction of sp³-hybridized carbons (Fsp3) is 0.136. The number of carbonyl (C=O) groups is 1. The summed E-state index contributed by atoms with van der Waals surface area (Å²) in [7, 11) is 0. The first kappa shape index (κ1) is 20.4. The fourth-order valence-corrected chi connectivity index (χ4v) is 2.73. The second-order valence-corrected chi connectivity index (χ2v) is 6.56. The Labute approximate surface area is 164 Å². The minimum absolute atomic E-state index is 0.112. The summed E-state index contributed by atoms with van der Waals surface area (Å²) >= 11 is 0. The van der Waals surface area contributed by atoms with Crippen molar-refractivity contribution in [3.05, 3.63) is 94.1 Å². The number of amides is 1. The predicted octanol–water partition coefficient (Wildman–Crippen LogP) is 5.69. The molecule has 3 nitrogen and oxygen atoms in total. The summed E-state index contributed by atoms with van der Waals surface area (Å²) in [6.45, 7) is 3.50. The van der Waals surface area contributed by atoms with Gasteiger partial charge in [0.05, 0.1) is 0 Å². The lowest BCUT2D eigenvalue weighted by molar-refractivity contribution is 0.102. The van der Waals surface area contributed by atoms with Gasteiger partial charge in [-0.3, -0.25) is 4.79 Å². The van der Waals surface area contributed by atoms with Gasteiger partial charge in [0, 0.05) is 17.3 Å². The molecule has 0 fully saturated rings. The number of nitrogens with one attached hydrogen (secondary N) is 1. The molecule has 0 unspecified atom stereocenters. The van der Waals surface area contributed by atoms with E-state index in [1.807, 2.05) is 32.0 Å². The number of rotatable bonds is 5. The van der Waals surface area contributed by atoms with Gasteiger partial charge in [0.15, 0.2) is 17.4 Å². The van der Waals surface area contributed by atoms with Crippen molar-refractivity contribution in [1.82, 2.24) is 0 Å². The number of hydrogen-bond donors (Lipinski definition) is 1. The Kier molecular flexibility index (Phi) is 5.87. The third-order valence-electron chi connectivity index (χ3n) is 4.30. The maximum absolute atomic E-state index is 13.6. The lowest BCUT2D eigenvalue weighted by Gasteiger charge is -2.11. The first-order chi connectivity index (χ1) is 13.8. The zero-order chi connectivity index (χ0) is 21.1. The van der Waals surface area contributed by atoms with Crippen molar-refractivity contribution in [3.63, 3.8) is 0 Å². The molecular formula is C22H17F4NO2. The van der Waals surface area contributed by atoms with E-state index in [1.165, 1.54) is 24.3 Å². The van der Waals surface area contributed by atoms with Crippen LogP contribution in [0, 0.1) is 37.1 Å². The van der Waals surface area contributed by atoms with Crippen molar-refractivity contribution in [2.75, 3.05) is 5.32 Å². The molecule has 0 spiro atoms. The molecule has 3 rings (SSSR count). The Balaban J connectivity index is 1.68. The zero-order valence-corrected chi connectivity index (χ0v) is 15.7. The van der Waals surface area contributed by atoms with E-state index in [-0.39, 0.29) is 18.6 Å². The summed E-state index contributed by atoms with van der Waals surface area (Å²) in [5, 5.41) is 2.81. The molecule has 1 N–H and O–H groups in total. The molecule has 0 aliphatic carbocycles. The normalized spacial score (nSPS) is 10.7. The van der Waals surface area contributed by atoms with Crippen molar-refractivity contribution >= 4 is 11.6 Å². The van der Waals surface area contributed by atoms with Crippen molar-refractivity contribution in [2.24, 2.45) is 0 Å². The second-order valence-electron chi connectivity index (χ2n) is 6.56. The molecular weight excluding hydrogens is 386 g/mol. The van der Waals surface area contributed by atoms with E-state index in [1.54, 1.807) is 0 Å². The molecule has 0 aliphatic heterocycles. The maximum Gasteiger partial charge on any atom is 0.255 e. The minimum Gasteiger partial charge on any atom is -0.483 e. The number of aryl methyl sites for hydroxylation is 2. The fourth-order valence-electron chi connectivity index (χ4n) is 2.73. The summed E-state index contributed by atoms with van der Waals surface area (Å²) in [5.41, 5.74) is 3.51. The molecule has 0 aromatic heterocycles. The number of halogens is 4. The first-order valence-corrected chi connectivity index (χ1v) is 8.69. The summed E-state index contributed by atoms with van der Waals surface area (Å²) in [6, 6.07) is 11.8. The number of hydrogen-bond acceptors (Lipinski definition) is 2. The van der Waals surface area contributed by atoms with E-state index < -0.39 is 29.0 Å². The molecule has 0 atom stereocenters. The molecule has 3 aromatic rings. The van der Waals surface area contributed by atoms with Crippen molar-refractivity contribution in [1.29, 1.82) is 0 Å². The van der Waals surface area contributed by atoms with Gasteiger partial charge in [-0.1, -0.05) is 29.8 Å². The minimum atomic E-state index is -1.60. The van der Waals surface area contributed by atoms with Crippen LogP contribution >= 0.6 is 0 Å². The maximum atomic E-state index is 13.6. The lowest BCUT2D eigenvalue weighted by Crippen LogP contribution is -2.13. The smallest absolute Gasteiger partial charge is 0.255 e. The average molecular weight is 403 g/mol. The van der Waals surface area contributed by atoms with E-state index in [2.05, 4.69) is 5.32 Å². The monoisotopic (exact) mass is 403 g/mol. The van der Waals surface area contributed by atoms with Crippen LogP contribution in [0.25, 0.3) is 0 Å². The highest BCUT2D eigenvalue weighted by Gasteiger charge is 2.20. The molecule has 0 saturated heterocycles. The molecule has 0 saturated carbocycles. The van der Waals surface area contributed by atoms with Crippen LogP contribution in [-0.2, 0) is 6.61 Å². The standard InChI is InChI=1S/C22H17F4NO2/c1-12-3-8-18(13(2)9-12)27-22(28)15-6-4-14(5-7-15)11-29-21-19(25)16(23)10-17(24)20(21)26/h3-10H,11H2,1-2H3,(H,27,28). The van der Waals surface area contributed by atoms with Gasteiger partial charge in [-0.25, -0.2) is 8.78 Å². The summed E-state index contributed by atoms with van der Waals surface area (Å²) in [5.74, 6) is -7.75. The number of carbonyl (C=O) groups excluding carboxylic acids is 1. The van der Waals surface area contributed by atoms with Crippen molar-refractivity contribution in [2.45, 2.75) is 20.5 Å². The topological polar surface area (TPSA) is 38.3 Å². The van der Waals surface area contributed by atoms with Crippen LogP contribution in [-0.4, -0.2) is 5.91 Å². The van der Waals surface area contributed by atoms with E-state index in [0.717, 1.165) is 11.1 Å². The number of ether oxygens (including phenoxy) is 1. The number of anilines is 1. The van der Waals surface area contributed by atoms with Gasteiger partial charge in [0.2, 0.25) is 11.6 Å². The van der Waals surface area contributed by atoms with E-state index in [9.17, 15) is 22.4 Å². The highest BCUT2D eigenvalue weighted by molar-refractivity contribution is 6.04. The van der Waals surface area contributed by atoms with Gasteiger partial charge in [-0.2, -0.15) is 8.78 Å². The second kappa shape index (κ2) is 8.34. The highest BCUT2D eigenvalue weighted by atomic mass is 19.2. The molecule has 150 valence electrons. The summed E-state index contributed by atoms with van der Waals surface area (Å²) in [6.07, 6.45) is 0. The Morgan fingerprint density at radius 1 is 0.897 bits per heavy atom. The Hall–Kier alpha value is -3.35. The SMILES string of the molecule is Cc1ccc(NC(=O)c2ccc(COc3c(F)c(F)cc(F)c3F)cc2)c(C)c1. The lowest BCUT2D eigenvalue weighted by atomic mass is 10.1. The molecule has 0 bridgehead atoms. The van der Waals surface area contributed by atoms with Crippen molar-refractivity contribution < 1.29 is 27.1 Å². The molecule has 3 aromatic carbocycles. The van der Waals surface area contributed by atoms with Gasteiger partial charge < -0.3 is 10.1 Å². The molecule has 0 aliphatic rings. The van der Waals surface area contributed by atoms with Crippen LogP contribution in [0.4, 0.5) is 23.2 Å². The third-order valence-corrected chi connectivity index (χ3v) is 4.30. The third kappa shape index (κ3) is 4.56. The Morgan fingerprint density at radius 3 is 2.10 bits per heavy atom. The van der Waals surface area contributed by atoms with E-state index in [0.29, 0.717) is 16.8 Å². The molecule has 0 radical (unpaired) electrons. The predicted molar refractivity (Wildman–Crippen MR) is 101 cm³/mol. The van der Waals surface area contributed by atoms with Crippen LogP contribution in [0.15, 0.2) is 48.5 Å². The Morgan fingerprint density at radius 2 is 1.52 bits per heavy atom. The van der Waals surface area contributed by atoms with Crippen LogP contribution in [0.3, 0.4) is 0 Å². The molecule has 29 heavy (non-hydrogen) atoms. The summed E-state index contributed by atoms with van der Waals surface area (Å²) in [4.78, 5) is 12.4. The highest BCUT2D eigenvalue weighted by Crippen LogP contribution is 2.27. The quantitative estimate of drug-likeness (QED) is 0.439. The summed E-state index contributed by atoms with van der Waals surface area (Å²) < 4.78 is 58.6. The van der Waals surface area contributed by atoms with Gasteiger partial charge in [-0.05, 0) is 43.2 Å². The van der Waals surface area contributed by atoms with Crippen LogP contribution < -0.4 is 10.1 Å². The zero-order valence-electron chi connectivity index (χ0n) is 15.7. The van der Waals surface area contributed by atoms with Gasteiger partial charge in [0.1, 0.15) is 6.61 Å². The van der Waals surface area contributed by atoms with Gasteiger partial charge >= 0.3 is 0 Å².